The molecule has 112 valence electrons. The van der Waals surface area contributed by atoms with Crippen molar-refractivity contribution in [1.29, 1.82) is 0 Å². The highest BCUT2D eigenvalue weighted by molar-refractivity contribution is 5.15. The summed E-state index contributed by atoms with van der Waals surface area (Å²) in [6.07, 6.45) is 7.42. The van der Waals surface area contributed by atoms with Crippen LogP contribution >= 0.6 is 0 Å². The molecule has 0 amide bonds. The molecule has 1 aliphatic rings. The highest BCUT2D eigenvalue weighted by Gasteiger charge is 2.33. The normalized spacial score (nSPS) is 23.4. The molecule has 1 unspecified atom stereocenters. The summed E-state index contributed by atoms with van der Waals surface area (Å²) in [6, 6.07) is 1.67. The Balaban J connectivity index is 1.73. The molecule has 3 rings (SSSR count). The fourth-order valence-corrected chi connectivity index (χ4v) is 2.75. The van der Waals surface area contributed by atoms with Crippen LogP contribution in [0.5, 0.6) is 0 Å². The monoisotopic (exact) mass is 290 g/mol. The lowest BCUT2D eigenvalue weighted by Crippen LogP contribution is -2.34. The maximum absolute atomic E-state index is 13.3. The van der Waals surface area contributed by atoms with Crippen LogP contribution in [0, 0.1) is 5.82 Å². The second-order valence-corrected chi connectivity index (χ2v) is 5.41. The van der Waals surface area contributed by atoms with Gasteiger partial charge in [0.1, 0.15) is 17.7 Å². The van der Waals surface area contributed by atoms with Gasteiger partial charge in [-0.1, -0.05) is 0 Å². The van der Waals surface area contributed by atoms with Gasteiger partial charge < -0.3 is 14.6 Å². The molecular formula is C15H19FN4O. The highest BCUT2D eigenvalue weighted by Crippen LogP contribution is 2.29. The highest BCUT2D eigenvalue weighted by atomic mass is 19.1. The smallest absolute Gasteiger partial charge is 0.141 e. The quantitative estimate of drug-likeness (QED) is 0.937. The van der Waals surface area contributed by atoms with Gasteiger partial charge in [0, 0.05) is 44.3 Å². The van der Waals surface area contributed by atoms with Crippen LogP contribution in [-0.4, -0.2) is 27.2 Å². The number of hydrogen-bond acceptors (Lipinski definition) is 4. The van der Waals surface area contributed by atoms with Gasteiger partial charge in [-0.25, -0.2) is 9.37 Å². The van der Waals surface area contributed by atoms with Crippen molar-refractivity contribution in [2.24, 2.45) is 7.05 Å². The van der Waals surface area contributed by atoms with Crippen LogP contribution in [0.15, 0.2) is 30.9 Å². The summed E-state index contributed by atoms with van der Waals surface area (Å²) in [5.74, 6) is 0.596. The van der Waals surface area contributed by atoms with Crippen LogP contribution in [0.1, 0.15) is 36.9 Å². The number of nitrogens with one attached hydrogen (secondary N) is 1. The van der Waals surface area contributed by atoms with Gasteiger partial charge in [0.25, 0.3) is 0 Å². The predicted octanol–water partition coefficient (Wildman–Crippen LogP) is 2.13. The summed E-state index contributed by atoms with van der Waals surface area (Å²) in [5, 5.41) is 3.50. The maximum atomic E-state index is 13.3. The number of pyridine rings is 1. The SMILES string of the molecule is CC(N[C@H]1CCO[C@@H]1c1nccn1C)c1cncc(F)c1. The first-order valence-electron chi connectivity index (χ1n) is 7.10. The first-order valence-corrected chi connectivity index (χ1v) is 7.10. The van der Waals surface area contributed by atoms with Gasteiger partial charge in [-0.15, -0.1) is 0 Å². The van der Waals surface area contributed by atoms with E-state index >= 15 is 0 Å². The number of aryl methyl sites for hydroxylation is 1. The number of halogens is 1. The van der Waals surface area contributed by atoms with Crippen LogP contribution in [-0.2, 0) is 11.8 Å². The second-order valence-electron chi connectivity index (χ2n) is 5.41. The lowest BCUT2D eigenvalue weighted by Gasteiger charge is -2.24. The Morgan fingerprint density at radius 1 is 1.48 bits per heavy atom. The molecule has 2 aromatic rings. The summed E-state index contributed by atoms with van der Waals surface area (Å²) in [4.78, 5) is 8.27. The van der Waals surface area contributed by atoms with Gasteiger partial charge in [0.2, 0.25) is 0 Å². The van der Waals surface area contributed by atoms with E-state index in [-0.39, 0.29) is 24.0 Å². The molecule has 6 heteroatoms. The van der Waals surface area contributed by atoms with E-state index in [0.717, 1.165) is 17.8 Å². The van der Waals surface area contributed by atoms with E-state index in [9.17, 15) is 4.39 Å². The maximum Gasteiger partial charge on any atom is 0.141 e. The zero-order valence-corrected chi connectivity index (χ0v) is 12.2. The van der Waals surface area contributed by atoms with Gasteiger partial charge in [-0.05, 0) is 25.0 Å². The Labute approximate surface area is 123 Å². The number of ether oxygens (including phenoxy) is 1. The molecule has 3 heterocycles. The molecule has 2 aromatic heterocycles. The molecule has 0 aromatic carbocycles. The fraction of sp³-hybridized carbons (Fsp3) is 0.467. The predicted molar refractivity (Wildman–Crippen MR) is 76.1 cm³/mol. The van der Waals surface area contributed by atoms with Crippen LogP contribution in [0.3, 0.4) is 0 Å². The van der Waals surface area contributed by atoms with Gasteiger partial charge in [-0.2, -0.15) is 0 Å². The number of aromatic nitrogens is 3. The lowest BCUT2D eigenvalue weighted by molar-refractivity contribution is 0.0876. The van der Waals surface area contributed by atoms with Crippen LogP contribution in [0.25, 0.3) is 0 Å². The number of hydrogen-bond donors (Lipinski definition) is 1. The zero-order valence-electron chi connectivity index (χ0n) is 12.2. The molecule has 0 bridgehead atoms. The Morgan fingerprint density at radius 2 is 2.33 bits per heavy atom. The number of rotatable bonds is 4. The average molecular weight is 290 g/mol. The molecule has 0 spiro atoms. The molecular weight excluding hydrogens is 271 g/mol. The van der Waals surface area contributed by atoms with Crippen molar-refractivity contribution in [2.45, 2.75) is 31.5 Å². The molecule has 0 aliphatic carbocycles. The van der Waals surface area contributed by atoms with E-state index < -0.39 is 0 Å². The van der Waals surface area contributed by atoms with Crippen molar-refractivity contribution in [3.63, 3.8) is 0 Å². The summed E-state index contributed by atoms with van der Waals surface area (Å²) < 4.78 is 21.1. The van der Waals surface area contributed by atoms with Crippen LogP contribution in [0.2, 0.25) is 0 Å². The van der Waals surface area contributed by atoms with Crippen molar-refractivity contribution < 1.29 is 9.13 Å². The number of imidazole rings is 1. The Morgan fingerprint density at radius 3 is 3.05 bits per heavy atom. The molecule has 3 atom stereocenters. The molecule has 21 heavy (non-hydrogen) atoms. The average Bonchev–Trinajstić information content (AvgIpc) is 3.07. The van der Waals surface area contributed by atoms with Crippen molar-refractivity contribution >= 4 is 0 Å². The summed E-state index contributed by atoms with van der Waals surface area (Å²) in [5.41, 5.74) is 0.834. The van der Waals surface area contributed by atoms with Crippen molar-refractivity contribution in [3.05, 3.63) is 48.1 Å². The van der Waals surface area contributed by atoms with E-state index in [4.69, 9.17) is 4.74 Å². The lowest BCUT2D eigenvalue weighted by atomic mass is 10.1. The van der Waals surface area contributed by atoms with Gasteiger partial charge in [0.15, 0.2) is 0 Å². The molecule has 1 N–H and O–H groups in total. The third kappa shape index (κ3) is 2.96. The van der Waals surface area contributed by atoms with Crippen molar-refractivity contribution in [2.75, 3.05) is 6.61 Å². The molecule has 1 saturated heterocycles. The van der Waals surface area contributed by atoms with Gasteiger partial charge in [-0.3, -0.25) is 4.98 Å². The molecule has 0 radical (unpaired) electrons. The topological polar surface area (TPSA) is 52.0 Å². The van der Waals surface area contributed by atoms with E-state index in [1.54, 1.807) is 12.4 Å². The summed E-state index contributed by atoms with van der Waals surface area (Å²) in [7, 11) is 1.96. The van der Waals surface area contributed by atoms with Gasteiger partial charge in [0.05, 0.1) is 6.20 Å². The fourth-order valence-electron chi connectivity index (χ4n) is 2.75. The van der Waals surface area contributed by atoms with E-state index in [1.807, 2.05) is 24.7 Å². The Kier molecular flexibility index (Phi) is 3.98. The summed E-state index contributed by atoms with van der Waals surface area (Å²) in [6.45, 7) is 2.70. The van der Waals surface area contributed by atoms with Gasteiger partial charge >= 0.3 is 0 Å². The molecule has 1 aliphatic heterocycles. The number of nitrogens with zero attached hydrogens (tertiary/aromatic N) is 3. The van der Waals surface area contributed by atoms with E-state index in [1.165, 1.54) is 12.3 Å². The van der Waals surface area contributed by atoms with Crippen molar-refractivity contribution in [1.82, 2.24) is 19.9 Å². The minimum absolute atomic E-state index is 0.00247. The minimum Gasteiger partial charge on any atom is -0.369 e. The van der Waals surface area contributed by atoms with E-state index in [0.29, 0.717) is 6.61 Å². The van der Waals surface area contributed by atoms with E-state index in [2.05, 4.69) is 15.3 Å². The molecule has 0 saturated carbocycles. The molecule has 1 fully saturated rings. The zero-order chi connectivity index (χ0) is 14.8. The Bertz CT molecular complexity index is 615. The standard InChI is InChI=1S/C15H19FN4O/c1-10(11-7-12(16)9-17-8-11)19-13-3-6-21-14(13)15-18-4-5-20(15)2/h4-5,7-10,13-14,19H,3,6H2,1-2H3/t10?,13-,14-/m0/s1. The van der Waals surface area contributed by atoms with Crippen molar-refractivity contribution in [3.8, 4) is 0 Å². The Hall–Kier alpha value is -1.79. The first-order chi connectivity index (χ1) is 10.1. The largest absolute Gasteiger partial charge is 0.369 e. The summed E-state index contributed by atoms with van der Waals surface area (Å²) >= 11 is 0. The molecule has 5 nitrogen and oxygen atoms in total. The first kappa shape index (κ1) is 14.2. The third-order valence-corrected chi connectivity index (χ3v) is 3.89. The van der Waals surface area contributed by atoms with Crippen LogP contribution in [0.4, 0.5) is 4.39 Å². The minimum atomic E-state index is -0.315. The second kappa shape index (κ2) is 5.91. The van der Waals surface area contributed by atoms with Crippen LogP contribution < -0.4 is 5.32 Å². The third-order valence-electron chi connectivity index (χ3n) is 3.89.